The number of thioether (sulfide) groups is 1. The van der Waals surface area contributed by atoms with Crippen molar-refractivity contribution in [2.75, 3.05) is 7.11 Å². The standard InChI is InChI=1S/C13H9Cl2N3O3S/c1-21-11(19)5-10-12(20)17-13(22-10)18-16-6-7-2-8(14)4-9(15)3-7/h2-6H,1H3,(H,17,18,20)/b10-5+,16-6?. The van der Waals surface area contributed by atoms with Crippen LogP contribution in [0.3, 0.4) is 0 Å². The number of ether oxygens (including phenoxy) is 1. The molecule has 9 heteroatoms. The largest absolute Gasteiger partial charge is 0.466 e. The number of carbonyl (C=O) groups is 2. The highest BCUT2D eigenvalue weighted by atomic mass is 35.5. The van der Waals surface area contributed by atoms with Crippen LogP contribution in [0.4, 0.5) is 0 Å². The Morgan fingerprint density at radius 3 is 2.64 bits per heavy atom. The smallest absolute Gasteiger partial charge is 0.331 e. The molecule has 0 unspecified atom stereocenters. The summed E-state index contributed by atoms with van der Waals surface area (Å²) in [6.45, 7) is 0. The van der Waals surface area contributed by atoms with Gasteiger partial charge in [-0.15, -0.1) is 5.10 Å². The maximum atomic E-state index is 11.6. The molecule has 1 N–H and O–H groups in total. The topological polar surface area (TPSA) is 80.1 Å². The lowest BCUT2D eigenvalue weighted by Crippen LogP contribution is -2.19. The van der Waals surface area contributed by atoms with Crippen LogP contribution >= 0.6 is 35.0 Å². The summed E-state index contributed by atoms with van der Waals surface area (Å²) in [5.41, 5.74) is 0.668. The molecule has 1 heterocycles. The van der Waals surface area contributed by atoms with E-state index < -0.39 is 11.9 Å². The molecule has 0 saturated carbocycles. The SMILES string of the molecule is COC(=O)/C=C1/S/C(=N\N=Cc2cc(Cl)cc(Cl)c2)NC1=O. The Bertz CT molecular complexity index is 696. The molecule has 0 atom stereocenters. The van der Waals surface area contributed by atoms with E-state index in [2.05, 4.69) is 20.3 Å². The predicted octanol–water partition coefficient (Wildman–Crippen LogP) is 2.60. The van der Waals surface area contributed by atoms with Crippen LogP contribution in [0.15, 0.2) is 39.4 Å². The third kappa shape index (κ3) is 4.59. The molecule has 2 rings (SSSR count). The molecule has 1 fully saturated rings. The van der Waals surface area contributed by atoms with Crippen molar-refractivity contribution >= 4 is 58.2 Å². The Balaban J connectivity index is 2.08. The third-order valence-electron chi connectivity index (χ3n) is 2.34. The van der Waals surface area contributed by atoms with E-state index in [-0.39, 0.29) is 10.1 Å². The van der Waals surface area contributed by atoms with Gasteiger partial charge in [0.05, 0.1) is 18.2 Å². The third-order valence-corrected chi connectivity index (χ3v) is 3.68. The molecule has 1 saturated heterocycles. The normalized spacial score (nSPS) is 18.2. The first-order valence-corrected chi connectivity index (χ1v) is 7.41. The van der Waals surface area contributed by atoms with Gasteiger partial charge in [0.1, 0.15) is 0 Å². The number of nitrogens with zero attached hydrogens (tertiary/aromatic N) is 2. The zero-order chi connectivity index (χ0) is 16.1. The van der Waals surface area contributed by atoms with E-state index in [1.165, 1.54) is 13.3 Å². The summed E-state index contributed by atoms with van der Waals surface area (Å²) in [7, 11) is 1.23. The van der Waals surface area contributed by atoms with Crippen LogP contribution in [0, 0.1) is 0 Å². The van der Waals surface area contributed by atoms with E-state index in [0.717, 1.165) is 17.8 Å². The van der Waals surface area contributed by atoms with Gasteiger partial charge in [-0.3, -0.25) is 10.1 Å². The summed E-state index contributed by atoms with van der Waals surface area (Å²) in [4.78, 5) is 22.9. The van der Waals surface area contributed by atoms with Gasteiger partial charge in [0, 0.05) is 16.1 Å². The quantitative estimate of drug-likeness (QED) is 0.390. The number of amides is 1. The van der Waals surface area contributed by atoms with Crippen molar-refractivity contribution in [2.24, 2.45) is 10.2 Å². The Morgan fingerprint density at radius 1 is 1.32 bits per heavy atom. The Hall–Kier alpha value is -1.83. The zero-order valence-corrected chi connectivity index (χ0v) is 13.5. The molecule has 0 radical (unpaired) electrons. The van der Waals surface area contributed by atoms with Crippen LogP contribution in [0.2, 0.25) is 10.0 Å². The molecule has 6 nitrogen and oxygen atoms in total. The number of methoxy groups -OCH3 is 1. The molecular weight excluding hydrogens is 349 g/mol. The highest BCUT2D eigenvalue weighted by Crippen LogP contribution is 2.23. The van der Waals surface area contributed by atoms with Crippen molar-refractivity contribution in [3.05, 3.63) is 44.8 Å². The number of rotatable bonds is 3. The lowest BCUT2D eigenvalue weighted by atomic mass is 10.2. The van der Waals surface area contributed by atoms with Crippen LogP contribution in [0.25, 0.3) is 0 Å². The summed E-state index contributed by atoms with van der Waals surface area (Å²) in [5, 5.41) is 11.4. The van der Waals surface area contributed by atoms with Crippen molar-refractivity contribution < 1.29 is 14.3 Å². The molecule has 22 heavy (non-hydrogen) atoms. The molecular formula is C13H9Cl2N3O3S. The molecule has 0 bridgehead atoms. The van der Waals surface area contributed by atoms with Gasteiger partial charge in [0.2, 0.25) is 0 Å². The fourth-order valence-corrected chi connectivity index (χ4v) is 2.72. The van der Waals surface area contributed by atoms with Crippen LogP contribution in [0.5, 0.6) is 0 Å². The van der Waals surface area contributed by atoms with Crippen LogP contribution in [0.1, 0.15) is 5.56 Å². The maximum Gasteiger partial charge on any atom is 0.331 e. The Morgan fingerprint density at radius 2 is 2.00 bits per heavy atom. The van der Waals surface area contributed by atoms with Gasteiger partial charge >= 0.3 is 5.97 Å². The monoisotopic (exact) mass is 357 g/mol. The number of nitrogens with one attached hydrogen (secondary N) is 1. The number of carbonyl (C=O) groups excluding carboxylic acids is 2. The number of esters is 1. The van der Waals surface area contributed by atoms with Crippen LogP contribution in [-0.2, 0) is 14.3 Å². The number of benzene rings is 1. The Labute approximate surface area is 140 Å². The van der Waals surface area contributed by atoms with Gasteiger partial charge in [-0.05, 0) is 35.5 Å². The van der Waals surface area contributed by atoms with Crippen LogP contribution in [-0.4, -0.2) is 30.4 Å². The fraction of sp³-hybridized carbons (Fsp3) is 0.0769. The second kappa shape index (κ2) is 7.44. The first-order chi connectivity index (χ1) is 10.5. The second-order valence-electron chi connectivity index (χ2n) is 3.94. The molecule has 0 aliphatic carbocycles. The maximum absolute atomic E-state index is 11.6. The lowest BCUT2D eigenvalue weighted by molar-refractivity contribution is -0.135. The molecule has 1 amide bonds. The van der Waals surface area contributed by atoms with Crippen molar-refractivity contribution in [3.63, 3.8) is 0 Å². The molecule has 1 aromatic rings. The summed E-state index contributed by atoms with van der Waals surface area (Å²) in [5.74, 6) is -1.05. The van der Waals surface area contributed by atoms with E-state index in [4.69, 9.17) is 23.2 Å². The minimum atomic E-state index is -0.615. The van der Waals surface area contributed by atoms with E-state index in [1.54, 1.807) is 18.2 Å². The number of hydrogen-bond acceptors (Lipinski definition) is 6. The predicted molar refractivity (Wildman–Crippen MR) is 87.3 cm³/mol. The molecule has 114 valence electrons. The van der Waals surface area contributed by atoms with Gasteiger partial charge in [-0.2, -0.15) is 5.10 Å². The molecule has 0 aromatic heterocycles. The Kier molecular flexibility index (Phi) is 5.59. The van der Waals surface area contributed by atoms with Crippen molar-refractivity contribution in [3.8, 4) is 0 Å². The van der Waals surface area contributed by atoms with Gasteiger partial charge < -0.3 is 4.74 Å². The van der Waals surface area contributed by atoms with Gasteiger partial charge in [0.15, 0.2) is 5.17 Å². The minimum absolute atomic E-state index is 0.187. The molecule has 0 spiro atoms. The molecule has 1 aliphatic heterocycles. The number of halogens is 2. The summed E-state index contributed by atoms with van der Waals surface area (Å²) in [6.07, 6.45) is 2.53. The van der Waals surface area contributed by atoms with E-state index in [1.807, 2.05) is 0 Å². The van der Waals surface area contributed by atoms with E-state index in [9.17, 15) is 9.59 Å². The molecule has 1 aliphatic rings. The lowest BCUT2D eigenvalue weighted by Gasteiger charge is -1.95. The molecule has 1 aromatic carbocycles. The summed E-state index contributed by atoms with van der Waals surface area (Å²) >= 11 is 12.7. The number of amidine groups is 1. The van der Waals surface area contributed by atoms with Gasteiger partial charge in [-0.1, -0.05) is 23.2 Å². The number of hydrogen-bond donors (Lipinski definition) is 1. The summed E-state index contributed by atoms with van der Waals surface area (Å²) < 4.78 is 4.45. The van der Waals surface area contributed by atoms with Gasteiger partial charge in [-0.25, -0.2) is 4.79 Å². The first-order valence-electron chi connectivity index (χ1n) is 5.84. The van der Waals surface area contributed by atoms with Crippen LogP contribution < -0.4 is 5.32 Å². The summed E-state index contributed by atoms with van der Waals surface area (Å²) in [6, 6.07) is 4.93. The second-order valence-corrected chi connectivity index (χ2v) is 5.84. The highest BCUT2D eigenvalue weighted by molar-refractivity contribution is 8.18. The average Bonchev–Trinajstić information content (AvgIpc) is 2.78. The van der Waals surface area contributed by atoms with Crippen molar-refractivity contribution in [1.82, 2.24) is 5.32 Å². The zero-order valence-electron chi connectivity index (χ0n) is 11.2. The van der Waals surface area contributed by atoms with Crippen molar-refractivity contribution in [2.45, 2.75) is 0 Å². The first kappa shape index (κ1) is 16.5. The van der Waals surface area contributed by atoms with E-state index >= 15 is 0 Å². The van der Waals surface area contributed by atoms with E-state index in [0.29, 0.717) is 15.6 Å². The minimum Gasteiger partial charge on any atom is -0.466 e. The van der Waals surface area contributed by atoms with Gasteiger partial charge in [0.25, 0.3) is 5.91 Å². The fourth-order valence-electron chi connectivity index (χ4n) is 1.44. The van der Waals surface area contributed by atoms with Crippen molar-refractivity contribution in [1.29, 1.82) is 0 Å². The average molecular weight is 358 g/mol. The highest BCUT2D eigenvalue weighted by Gasteiger charge is 2.24.